The molecule has 0 radical (unpaired) electrons. The van der Waals surface area contributed by atoms with E-state index in [1.807, 2.05) is 0 Å². The first-order valence-electron chi connectivity index (χ1n) is 7.52. The number of hydrogen-bond donors (Lipinski definition) is 2. The van der Waals surface area contributed by atoms with Gasteiger partial charge in [-0.05, 0) is 37.3 Å². The minimum Gasteiger partial charge on any atom is -0.376 e. The van der Waals surface area contributed by atoms with Crippen LogP contribution in [-0.4, -0.2) is 31.2 Å². The summed E-state index contributed by atoms with van der Waals surface area (Å²) in [5, 5.41) is 2.75. The lowest BCUT2D eigenvalue weighted by atomic mass is 9.94. The number of carbonyl (C=O) groups is 1. The molecule has 0 bridgehead atoms. The first-order chi connectivity index (χ1) is 10.1. The van der Waals surface area contributed by atoms with E-state index in [9.17, 15) is 9.18 Å². The molecule has 0 aliphatic heterocycles. The van der Waals surface area contributed by atoms with Crippen molar-refractivity contribution in [3.63, 3.8) is 0 Å². The second kappa shape index (κ2) is 8.10. The van der Waals surface area contributed by atoms with E-state index in [-0.39, 0.29) is 24.2 Å². The van der Waals surface area contributed by atoms with Gasteiger partial charge in [-0.1, -0.05) is 18.2 Å². The van der Waals surface area contributed by atoms with E-state index in [2.05, 4.69) is 5.32 Å². The lowest BCUT2D eigenvalue weighted by Crippen LogP contribution is -2.33. The molecule has 1 fully saturated rings. The molecule has 1 saturated carbocycles. The Bertz CT molecular complexity index is 459. The van der Waals surface area contributed by atoms with Gasteiger partial charge >= 0.3 is 0 Å². The summed E-state index contributed by atoms with van der Waals surface area (Å²) in [6, 6.07) is 6.63. The van der Waals surface area contributed by atoms with Gasteiger partial charge in [-0.15, -0.1) is 0 Å². The highest BCUT2D eigenvalue weighted by atomic mass is 19.1. The fourth-order valence-electron chi connectivity index (χ4n) is 2.55. The molecule has 0 saturated heterocycles. The van der Waals surface area contributed by atoms with E-state index in [0.717, 1.165) is 25.7 Å². The number of nitrogens with two attached hydrogens (primary N) is 1. The van der Waals surface area contributed by atoms with Crippen LogP contribution in [0.1, 0.15) is 31.2 Å². The molecule has 1 aliphatic rings. The molecule has 1 aromatic rings. The van der Waals surface area contributed by atoms with Crippen molar-refractivity contribution in [2.75, 3.05) is 13.2 Å². The summed E-state index contributed by atoms with van der Waals surface area (Å²) >= 11 is 0. The van der Waals surface area contributed by atoms with Crippen LogP contribution in [0.3, 0.4) is 0 Å². The number of rotatable bonds is 6. The molecule has 5 heteroatoms. The molecule has 21 heavy (non-hydrogen) atoms. The number of hydrogen-bond acceptors (Lipinski definition) is 3. The van der Waals surface area contributed by atoms with Gasteiger partial charge in [-0.3, -0.25) is 4.79 Å². The molecule has 1 aromatic carbocycles. The maximum atomic E-state index is 13.4. The van der Waals surface area contributed by atoms with Crippen molar-refractivity contribution in [2.45, 2.75) is 44.2 Å². The predicted octanol–water partition coefficient (Wildman–Crippen LogP) is 1.77. The van der Waals surface area contributed by atoms with Crippen LogP contribution in [0.25, 0.3) is 0 Å². The maximum Gasteiger partial charge on any atom is 0.224 e. The summed E-state index contributed by atoms with van der Waals surface area (Å²) in [6.07, 6.45) is 4.31. The van der Waals surface area contributed by atoms with Crippen LogP contribution in [-0.2, 0) is 16.0 Å². The second-order valence-electron chi connectivity index (χ2n) is 5.53. The molecular weight excluding hydrogens is 271 g/mol. The molecule has 0 heterocycles. The standard InChI is InChI=1S/C16H23FN2O2/c17-15-4-2-1-3-12(15)11-16(20)19-9-10-21-14-7-5-13(18)6-8-14/h1-4,13-14H,5-11,18H2,(H,19,20). The van der Waals surface area contributed by atoms with Gasteiger partial charge < -0.3 is 15.8 Å². The van der Waals surface area contributed by atoms with Crippen molar-refractivity contribution in [1.82, 2.24) is 5.32 Å². The first kappa shape index (κ1) is 15.9. The molecule has 116 valence electrons. The van der Waals surface area contributed by atoms with Gasteiger partial charge in [0.2, 0.25) is 5.91 Å². The summed E-state index contributed by atoms with van der Waals surface area (Å²) < 4.78 is 19.1. The van der Waals surface area contributed by atoms with Crippen LogP contribution in [0.2, 0.25) is 0 Å². The van der Waals surface area contributed by atoms with E-state index in [1.165, 1.54) is 6.07 Å². The van der Waals surface area contributed by atoms with Gasteiger partial charge in [0.25, 0.3) is 0 Å². The molecule has 1 amide bonds. The number of benzene rings is 1. The van der Waals surface area contributed by atoms with E-state index in [4.69, 9.17) is 10.5 Å². The van der Waals surface area contributed by atoms with Gasteiger partial charge in [0.15, 0.2) is 0 Å². The van der Waals surface area contributed by atoms with E-state index in [0.29, 0.717) is 24.8 Å². The molecule has 0 atom stereocenters. The summed E-state index contributed by atoms with van der Waals surface area (Å²) in [5.74, 6) is -0.531. The zero-order valence-electron chi connectivity index (χ0n) is 12.2. The Balaban J connectivity index is 1.60. The second-order valence-corrected chi connectivity index (χ2v) is 5.53. The molecule has 2 rings (SSSR count). The zero-order chi connectivity index (χ0) is 15.1. The monoisotopic (exact) mass is 294 g/mol. The minimum atomic E-state index is -0.345. The molecule has 4 nitrogen and oxygen atoms in total. The third-order valence-electron chi connectivity index (χ3n) is 3.81. The highest BCUT2D eigenvalue weighted by molar-refractivity contribution is 5.78. The Morgan fingerprint density at radius 3 is 2.71 bits per heavy atom. The highest BCUT2D eigenvalue weighted by Crippen LogP contribution is 2.19. The lowest BCUT2D eigenvalue weighted by molar-refractivity contribution is -0.120. The summed E-state index contributed by atoms with van der Waals surface area (Å²) in [7, 11) is 0. The number of carbonyl (C=O) groups excluding carboxylic acids is 1. The minimum absolute atomic E-state index is 0.0605. The van der Waals surface area contributed by atoms with Crippen molar-refractivity contribution >= 4 is 5.91 Å². The maximum absolute atomic E-state index is 13.4. The number of halogens is 1. The SMILES string of the molecule is NC1CCC(OCCNC(=O)Cc2ccccc2F)CC1. The van der Waals surface area contributed by atoms with Crippen LogP contribution >= 0.6 is 0 Å². The Hall–Kier alpha value is -1.46. The van der Waals surface area contributed by atoms with Crippen molar-refractivity contribution in [3.8, 4) is 0 Å². The largest absolute Gasteiger partial charge is 0.376 e. The molecule has 0 unspecified atom stereocenters. The third kappa shape index (κ3) is 5.44. The summed E-state index contributed by atoms with van der Waals surface area (Å²) in [6.45, 7) is 0.943. The molecule has 1 aliphatic carbocycles. The average Bonchev–Trinajstić information content (AvgIpc) is 2.48. The Morgan fingerprint density at radius 2 is 2.00 bits per heavy atom. The highest BCUT2D eigenvalue weighted by Gasteiger charge is 2.18. The van der Waals surface area contributed by atoms with E-state index >= 15 is 0 Å². The van der Waals surface area contributed by atoms with Crippen LogP contribution in [0, 0.1) is 5.82 Å². The Morgan fingerprint density at radius 1 is 1.29 bits per heavy atom. The van der Waals surface area contributed by atoms with Gasteiger partial charge in [0.05, 0.1) is 19.1 Å². The first-order valence-corrected chi connectivity index (χ1v) is 7.52. The van der Waals surface area contributed by atoms with Gasteiger partial charge in [-0.25, -0.2) is 4.39 Å². The zero-order valence-corrected chi connectivity index (χ0v) is 12.2. The normalized spacial score (nSPS) is 22.0. The number of nitrogens with one attached hydrogen (secondary N) is 1. The predicted molar refractivity (Wildman–Crippen MR) is 79.3 cm³/mol. The van der Waals surface area contributed by atoms with E-state index in [1.54, 1.807) is 18.2 Å². The molecule has 0 spiro atoms. The van der Waals surface area contributed by atoms with Crippen LogP contribution in [0.5, 0.6) is 0 Å². The Labute approximate surface area is 124 Å². The summed E-state index contributed by atoms with van der Waals surface area (Å²) in [4.78, 5) is 11.7. The van der Waals surface area contributed by atoms with Gasteiger partial charge in [0.1, 0.15) is 5.82 Å². The Kier molecular flexibility index (Phi) is 6.14. The molecule has 3 N–H and O–H groups in total. The van der Waals surface area contributed by atoms with Crippen molar-refractivity contribution < 1.29 is 13.9 Å². The van der Waals surface area contributed by atoms with Crippen LogP contribution < -0.4 is 11.1 Å². The van der Waals surface area contributed by atoms with E-state index < -0.39 is 0 Å². The summed E-state index contributed by atoms with van der Waals surface area (Å²) in [5.41, 5.74) is 6.25. The lowest BCUT2D eigenvalue weighted by Gasteiger charge is -2.26. The van der Waals surface area contributed by atoms with Crippen LogP contribution in [0.4, 0.5) is 4.39 Å². The molecule has 0 aromatic heterocycles. The van der Waals surface area contributed by atoms with Gasteiger partial charge in [-0.2, -0.15) is 0 Å². The van der Waals surface area contributed by atoms with Crippen LogP contribution in [0.15, 0.2) is 24.3 Å². The number of amides is 1. The quantitative estimate of drug-likeness (QED) is 0.786. The van der Waals surface area contributed by atoms with Gasteiger partial charge in [0, 0.05) is 12.6 Å². The molecular formula is C16H23FN2O2. The number of ether oxygens (including phenoxy) is 1. The van der Waals surface area contributed by atoms with Crippen molar-refractivity contribution in [1.29, 1.82) is 0 Å². The van der Waals surface area contributed by atoms with Crippen molar-refractivity contribution in [3.05, 3.63) is 35.6 Å². The van der Waals surface area contributed by atoms with Crippen molar-refractivity contribution in [2.24, 2.45) is 5.73 Å². The third-order valence-corrected chi connectivity index (χ3v) is 3.81. The topological polar surface area (TPSA) is 64.3 Å². The smallest absolute Gasteiger partial charge is 0.224 e. The fourth-order valence-corrected chi connectivity index (χ4v) is 2.55. The fraction of sp³-hybridized carbons (Fsp3) is 0.562. The average molecular weight is 294 g/mol.